The van der Waals surface area contributed by atoms with Crippen molar-refractivity contribution < 1.29 is 0 Å². The molecule has 0 aliphatic carbocycles. The molecule has 4 rings (SSSR count). The van der Waals surface area contributed by atoms with Gasteiger partial charge in [0.15, 0.2) is 0 Å². The van der Waals surface area contributed by atoms with Crippen LogP contribution in [0.15, 0.2) is 67.0 Å². The van der Waals surface area contributed by atoms with Crippen LogP contribution in [-0.4, -0.2) is 14.5 Å². The second-order valence-electron chi connectivity index (χ2n) is 5.55. The fourth-order valence-electron chi connectivity index (χ4n) is 2.82. The zero-order valence-corrected chi connectivity index (χ0v) is 13.8. The van der Waals surface area contributed by atoms with Gasteiger partial charge in [0, 0.05) is 17.8 Å². The van der Waals surface area contributed by atoms with Gasteiger partial charge >= 0.3 is 0 Å². The minimum Gasteiger partial charge on any atom is -0.340 e. The molecule has 0 saturated carbocycles. The van der Waals surface area contributed by atoms with Crippen LogP contribution in [0, 0.1) is 0 Å². The summed E-state index contributed by atoms with van der Waals surface area (Å²) in [5.41, 5.74) is 4.02. The Kier molecular flexibility index (Phi) is 3.67. The first-order valence-electron chi connectivity index (χ1n) is 7.61. The van der Waals surface area contributed by atoms with Crippen LogP contribution >= 0.6 is 11.6 Å². The number of hydrogen-bond acceptors (Lipinski definition) is 3. The van der Waals surface area contributed by atoms with Crippen molar-refractivity contribution in [3.8, 4) is 11.3 Å². The van der Waals surface area contributed by atoms with E-state index >= 15 is 0 Å². The molecule has 0 amide bonds. The average Bonchev–Trinajstić information content (AvgIpc) is 2.94. The Morgan fingerprint density at radius 3 is 2.58 bits per heavy atom. The monoisotopic (exact) mass is 334 g/mol. The molecular formula is C19H15ClN4. The van der Waals surface area contributed by atoms with Crippen molar-refractivity contribution in [2.75, 3.05) is 5.32 Å². The number of halogens is 1. The molecule has 2 heterocycles. The van der Waals surface area contributed by atoms with Crippen LogP contribution in [-0.2, 0) is 7.05 Å². The van der Waals surface area contributed by atoms with Crippen molar-refractivity contribution in [1.29, 1.82) is 0 Å². The van der Waals surface area contributed by atoms with Crippen LogP contribution in [0.25, 0.3) is 22.3 Å². The third-order valence-electron chi connectivity index (χ3n) is 3.98. The molecule has 0 spiro atoms. The second-order valence-corrected chi connectivity index (χ2v) is 5.99. The number of hydrogen-bond donors (Lipinski definition) is 1. The average molecular weight is 335 g/mol. The highest BCUT2D eigenvalue weighted by Crippen LogP contribution is 2.30. The van der Waals surface area contributed by atoms with E-state index in [-0.39, 0.29) is 0 Å². The summed E-state index contributed by atoms with van der Waals surface area (Å²) >= 11 is 6.06. The van der Waals surface area contributed by atoms with Gasteiger partial charge in [-0.25, -0.2) is 9.97 Å². The first-order valence-corrected chi connectivity index (χ1v) is 7.98. The van der Waals surface area contributed by atoms with Crippen LogP contribution < -0.4 is 5.32 Å². The summed E-state index contributed by atoms with van der Waals surface area (Å²) in [4.78, 5) is 8.83. The summed E-state index contributed by atoms with van der Waals surface area (Å²) in [6.45, 7) is 0. The van der Waals surface area contributed by atoms with Crippen molar-refractivity contribution in [3.63, 3.8) is 0 Å². The summed E-state index contributed by atoms with van der Waals surface area (Å²) in [6.07, 6.45) is 1.57. The molecule has 24 heavy (non-hydrogen) atoms. The highest BCUT2D eigenvalue weighted by molar-refractivity contribution is 6.30. The van der Waals surface area contributed by atoms with E-state index in [0.29, 0.717) is 5.02 Å². The van der Waals surface area contributed by atoms with Crippen LogP contribution in [0.1, 0.15) is 0 Å². The lowest BCUT2D eigenvalue weighted by Crippen LogP contribution is -1.97. The number of aryl methyl sites for hydroxylation is 1. The Morgan fingerprint density at radius 1 is 0.958 bits per heavy atom. The van der Waals surface area contributed by atoms with E-state index in [4.69, 9.17) is 11.6 Å². The molecule has 5 heteroatoms. The summed E-state index contributed by atoms with van der Waals surface area (Å²) < 4.78 is 2.08. The topological polar surface area (TPSA) is 42.7 Å². The second kappa shape index (κ2) is 5.98. The van der Waals surface area contributed by atoms with Crippen LogP contribution in [0.3, 0.4) is 0 Å². The molecule has 0 unspecified atom stereocenters. The molecule has 0 fully saturated rings. The fraction of sp³-hybridized carbons (Fsp3) is 0.0526. The minimum atomic E-state index is 0.684. The lowest BCUT2D eigenvalue weighted by atomic mass is 10.1. The van der Waals surface area contributed by atoms with E-state index in [1.807, 2.05) is 49.5 Å². The quantitative estimate of drug-likeness (QED) is 0.571. The highest BCUT2D eigenvalue weighted by atomic mass is 35.5. The molecule has 4 nitrogen and oxygen atoms in total. The molecule has 0 atom stereocenters. The molecule has 2 aromatic heterocycles. The minimum absolute atomic E-state index is 0.684. The molecule has 0 saturated heterocycles. The largest absolute Gasteiger partial charge is 0.340 e. The van der Waals surface area contributed by atoms with Crippen molar-refractivity contribution in [2.24, 2.45) is 7.05 Å². The van der Waals surface area contributed by atoms with E-state index in [0.717, 1.165) is 33.8 Å². The molecule has 4 aromatic rings. The van der Waals surface area contributed by atoms with E-state index < -0.39 is 0 Å². The number of aromatic nitrogens is 3. The van der Waals surface area contributed by atoms with E-state index in [1.165, 1.54) is 0 Å². The Bertz CT molecular complexity index is 1010. The molecule has 2 aromatic carbocycles. The number of nitrogens with zero attached hydrogens (tertiary/aromatic N) is 3. The lowest BCUT2D eigenvalue weighted by molar-refractivity contribution is 0.952. The SMILES string of the molecule is Cn1c(-c2ccccc2)cc2c(Nc3cccc(Cl)c3)ncnc21. The number of nitrogens with one attached hydrogen (secondary N) is 1. The van der Waals surface area contributed by atoms with Gasteiger partial charge in [-0.05, 0) is 29.8 Å². The summed E-state index contributed by atoms with van der Waals surface area (Å²) in [6, 6.07) is 19.9. The van der Waals surface area contributed by atoms with Gasteiger partial charge in [-0.3, -0.25) is 0 Å². The molecule has 0 aliphatic rings. The van der Waals surface area contributed by atoms with Gasteiger partial charge in [-0.2, -0.15) is 0 Å². The van der Waals surface area contributed by atoms with Crippen molar-refractivity contribution in [3.05, 3.63) is 72.0 Å². The van der Waals surface area contributed by atoms with Gasteiger partial charge in [-0.15, -0.1) is 0 Å². The molecular weight excluding hydrogens is 320 g/mol. The van der Waals surface area contributed by atoms with Crippen molar-refractivity contribution in [2.45, 2.75) is 0 Å². The maximum Gasteiger partial charge on any atom is 0.145 e. The Balaban J connectivity index is 1.83. The Morgan fingerprint density at radius 2 is 1.79 bits per heavy atom. The van der Waals surface area contributed by atoms with Crippen LogP contribution in [0.2, 0.25) is 5.02 Å². The third-order valence-corrected chi connectivity index (χ3v) is 4.22. The van der Waals surface area contributed by atoms with Gasteiger partial charge in [0.1, 0.15) is 17.8 Å². The highest BCUT2D eigenvalue weighted by Gasteiger charge is 2.13. The van der Waals surface area contributed by atoms with Gasteiger partial charge < -0.3 is 9.88 Å². The standard InChI is InChI=1S/C19H15ClN4/c1-24-17(13-6-3-2-4-7-13)11-16-18(21-12-22-19(16)24)23-15-9-5-8-14(20)10-15/h2-12H,1H3,(H,21,22,23). The third kappa shape index (κ3) is 2.61. The zero-order valence-electron chi connectivity index (χ0n) is 13.1. The van der Waals surface area contributed by atoms with Crippen molar-refractivity contribution >= 4 is 34.1 Å². The van der Waals surface area contributed by atoms with E-state index in [1.54, 1.807) is 6.33 Å². The van der Waals surface area contributed by atoms with Gasteiger partial charge in [0.2, 0.25) is 0 Å². The number of rotatable bonds is 3. The smallest absolute Gasteiger partial charge is 0.145 e. The molecule has 0 radical (unpaired) electrons. The lowest BCUT2D eigenvalue weighted by Gasteiger charge is -2.07. The molecule has 0 aliphatic heterocycles. The number of benzene rings is 2. The normalized spacial score (nSPS) is 10.9. The Labute approximate surface area is 144 Å². The fourth-order valence-corrected chi connectivity index (χ4v) is 3.01. The molecule has 1 N–H and O–H groups in total. The maximum absolute atomic E-state index is 6.06. The zero-order chi connectivity index (χ0) is 16.5. The number of anilines is 2. The van der Waals surface area contributed by atoms with E-state index in [2.05, 4.69) is 38.1 Å². The predicted molar refractivity (Wildman–Crippen MR) is 98.7 cm³/mol. The summed E-state index contributed by atoms with van der Waals surface area (Å²) in [5.74, 6) is 0.764. The maximum atomic E-state index is 6.06. The van der Waals surface area contributed by atoms with Gasteiger partial charge in [-0.1, -0.05) is 48.0 Å². The summed E-state index contributed by atoms with van der Waals surface area (Å²) in [7, 11) is 2.01. The van der Waals surface area contributed by atoms with Crippen molar-refractivity contribution in [1.82, 2.24) is 14.5 Å². The van der Waals surface area contributed by atoms with Crippen LogP contribution in [0.5, 0.6) is 0 Å². The van der Waals surface area contributed by atoms with Gasteiger partial charge in [0.25, 0.3) is 0 Å². The molecule has 118 valence electrons. The summed E-state index contributed by atoms with van der Waals surface area (Å²) in [5, 5.41) is 4.99. The Hall–Kier alpha value is -2.85. The predicted octanol–water partition coefficient (Wildman–Crippen LogP) is 5.03. The van der Waals surface area contributed by atoms with Gasteiger partial charge in [0.05, 0.1) is 11.1 Å². The number of fused-ring (bicyclic) bond motifs is 1. The first kappa shape index (κ1) is 14.7. The molecule has 0 bridgehead atoms. The van der Waals surface area contributed by atoms with E-state index in [9.17, 15) is 0 Å². The first-order chi connectivity index (χ1) is 11.7. The van der Waals surface area contributed by atoms with Crippen LogP contribution in [0.4, 0.5) is 11.5 Å².